The summed E-state index contributed by atoms with van der Waals surface area (Å²) in [6.07, 6.45) is 0.802. The molecule has 0 aliphatic carbocycles. The van der Waals surface area contributed by atoms with Crippen LogP contribution in [0.1, 0.15) is 26.3 Å². The number of hydrogen-bond acceptors (Lipinski definition) is 4. The van der Waals surface area contributed by atoms with Gasteiger partial charge in [-0.15, -0.1) is 0 Å². The fourth-order valence-corrected chi connectivity index (χ4v) is 1.49. The standard InChI is InChI=1S/C15H22N4O2/c1-10-6-5-7-11(8-10)18-9-12(13(16)17)19-14(20)21-15(2,3)4/h5-9,18H,1-4H3,(H3,16,17)(H,19,20)/b12-9+. The molecule has 6 heteroatoms. The largest absolute Gasteiger partial charge is 0.444 e. The van der Waals surface area contributed by atoms with Crippen molar-refractivity contribution in [2.24, 2.45) is 5.73 Å². The van der Waals surface area contributed by atoms with E-state index in [0.29, 0.717) is 0 Å². The summed E-state index contributed by atoms with van der Waals surface area (Å²) in [6.45, 7) is 7.25. The van der Waals surface area contributed by atoms with Gasteiger partial charge in [0.25, 0.3) is 0 Å². The van der Waals surface area contributed by atoms with Crippen molar-refractivity contribution in [3.8, 4) is 0 Å². The van der Waals surface area contributed by atoms with Crippen molar-refractivity contribution >= 4 is 17.6 Å². The van der Waals surface area contributed by atoms with Gasteiger partial charge in [0.05, 0.1) is 0 Å². The molecule has 114 valence electrons. The second-order valence-electron chi connectivity index (χ2n) is 5.61. The van der Waals surface area contributed by atoms with Crippen LogP contribution in [0.5, 0.6) is 0 Å². The number of amides is 1. The van der Waals surface area contributed by atoms with E-state index in [1.165, 1.54) is 6.20 Å². The maximum absolute atomic E-state index is 11.7. The van der Waals surface area contributed by atoms with Crippen LogP contribution in [0.25, 0.3) is 0 Å². The van der Waals surface area contributed by atoms with Gasteiger partial charge >= 0.3 is 6.09 Å². The summed E-state index contributed by atoms with van der Waals surface area (Å²) in [5.41, 5.74) is 6.90. The first-order chi connectivity index (χ1) is 9.67. The monoisotopic (exact) mass is 290 g/mol. The van der Waals surface area contributed by atoms with E-state index in [2.05, 4.69) is 10.6 Å². The van der Waals surface area contributed by atoms with E-state index in [0.717, 1.165) is 11.3 Å². The second kappa shape index (κ2) is 6.78. The molecule has 0 aliphatic rings. The highest BCUT2D eigenvalue weighted by molar-refractivity contribution is 5.97. The third kappa shape index (κ3) is 6.47. The van der Waals surface area contributed by atoms with Crippen molar-refractivity contribution < 1.29 is 9.53 Å². The zero-order valence-electron chi connectivity index (χ0n) is 12.8. The highest BCUT2D eigenvalue weighted by atomic mass is 16.6. The number of nitrogens with one attached hydrogen (secondary N) is 3. The van der Waals surface area contributed by atoms with Crippen LogP contribution >= 0.6 is 0 Å². The SMILES string of the molecule is Cc1cccc(N/C=C(/NC(=O)OC(C)(C)C)C(=N)N)c1. The van der Waals surface area contributed by atoms with Gasteiger partial charge < -0.3 is 15.8 Å². The van der Waals surface area contributed by atoms with Crippen LogP contribution in [0.3, 0.4) is 0 Å². The minimum absolute atomic E-state index is 0.144. The van der Waals surface area contributed by atoms with Gasteiger partial charge in [0.1, 0.15) is 17.1 Å². The Kier molecular flexibility index (Phi) is 5.35. The molecule has 0 radical (unpaired) electrons. The van der Waals surface area contributed by atoms with Crippen molar-refractivity contribution in [2.45, 2.75) is 33.3 Å². The van der Waals surface area contributed by atoms with Crippen molar-refractivity contribution in [1.82, 2.24) is 5.32 Å². The van der Waals surface area contributed by atoms with E-state index in [1.54, 1.807) is 20.8 Å². The van der Waals surface area contributed by atoms with Crippen molar-refractivity contribution in [2.75, 3.05) is 5.32 Å². The van der Waals surface area contributed by atoms with Crippen LogP contribution in [-0.4, -0.2) is 17.5 Å². The Hall–Kier alpha value is -2.50. The van der Waals surface area contributed by atoms with E-state index in [4.69, 9.17) is 15.9 Å². The van der Waals surface area contributed by atoms with Gasteiger partial charge in [-0.25, -0.2) is 4.79 Å². The molecule has 1 amide bonds. The lowest BCUT2D eigenvalue weighted by Gasteiger charge is -2.20. The molecule has 0 saturated carbocycles. The van der Waals surface area contributed by atoms with Crippen molar-refractivity contribution in [1.29, 1.82) is 5.41 Å². The molecular weight excluding hydrogens is 268 g/mol. The number of hydrogen-bond donors (Lipinski definition) is 4. The third-order valence-electron chi connectivity index (χ3n) is 2.33. The number of carbonyl (C=O) groups is 1. The number of rotatable bonds is 4. The van der Waals surface area contributed by atoms with Crippen LogP contribution in [0.2, 0.25) is 0 Å². The summed E-state index contributed by atoms with van der Waals surface area (Å²) < 4.78 is 5.12. The minimum atomic E-state index is -0.657. The van der Waals surface area contributed by atoms with Crippen LogP contribution in [0, 0.1) is 12.3 Å². The maximum Gasteiger partial charge on any atom is 0.412 e. The molecule has 1 rings (SSSR count). The van der Waals surface area contributed by atoms with E-state index >= 15 is 0 Å². The Morgan fingerprint density at radius 3 is 2.57 bits per heavy atom. The van der Waals surface area contributed by atoms with Gasteiger partial charge in [0, 0.05) is 11.9 Å². The summed E-state index contributed by atoms with van der Waals surface area (Å²) in [6, 6.07) is 7.68. The van der Waals surface area contributed by atoms with E-state index in [1.807, 2.05) is 31.2 Å². The number of amidine groups is 1. The molecule has 1 aromatic rings. The van der Waals surface area contributed by atoms with Gasteiger partial charge in [-0.1, -0.05) is 12.1 Å². The lowest BCUT2D eigenvalue weighted by molar-refractivity contribution is 0.0549. The predicted molar refractivity (Wildman–Crippen MR) is 84.2 cm³/mol. The quantitative estimate of drug-likeness (QED) is 0.506. The van der Waals surface area contributed by atoms with Crippen LogP contribution < -0.4 is 16.4 Å². The average molecular weight is 290 g/mol. The molecule has 0 aromatic heterocycles. The molecule has 6 nitrogen and oxygen atoms in total. The number of alkyl carbamates (subject to hydrolysis) is 1. The van der Waals surface area contributed by atoms with Gasteiger partial charge in [0.2, 0.25) is 0 Å². The molecule has 0 heterocycles. The molecule has 0 saturated heterocycles. The maximum atomic E-state index is 11.7. The molecule has 0 spiro atoms. The lowest BCUT2D eigenvalue weighted by Crippen LogP contribution is -2.36. The summed E-state index contributed by atoms with van der Waals surface area (Å²) in [5, 5.41) is 12.9. The fourth-order valence-electron chi connectivity index (χ4n) is 1.49. The first-order valence-electron chi connectivity index (χ1n) is 6.55. The number of aryl methyl sites for hydroxylation is 1. The van der Waals surface area contributed by atoms with Gasteiger partial charge in [-0.05, 0) is 45.4 Å². The third-order valence-corrected chi connectivity index (χ3v) is 2.33. The molecule has 1 aromatic carbocycles. The number of nitrogens with two attached hydrogens (primary N) is 1. The Morgan fingerprint density at radius 2 is 2.05 bits per heavy atom. The Morgan fingerprint density at radius 1 is 1.38 bits per heavy atom. The molecule has 0 aliphatic heterocycles. The summed E-state index contributed by atoms with van der Waals surface area (Å²) in [4.78, 5) is 11.7. The zero-order chi connectivity index (χ0) is 16.0. The van der Waals surface area contributed by atoms with Crippen molar-refractivity contribution in [3.63, 3.8) is 0 Å². The van der Waals surface area contributed by atoms with Gasteiger partial charge in [-0.3, -0.25) is 10.7 Å². The van der Waals surface area contributed by atoms with Gasteiger partial charge in [0.15, 0.2) is 0 Å². The Balaban J connectivity index is 2.75. The predicted octanol–water partition coefficient (Wildman–Crippen LogP) is 2.71. The van der Waals surface area contributed by atoms with Crippen LogP contribution in [0.15, 0.2) is 36.2 Å². The van der Waals surface area contributed by atoms with Crippen LogP contribution in [-0.2, 0) is 4.74 Å². The lowest BCUT2D eigenvalue weighted by atomic mass is 10.2. The minimum Gasteiger partial charge on any atom is -0.444 e. The molecule has 5 N–H and O–H groups in total. The highest BCUT2D eigenvalue weighted by Crippen LogP contribution is 2.10. The van der Waals surface area contributed by atoms with Gasteiger partial charge in [-0.2, -0.15) is 0 Å². The number of ether oxygens (including phenoxy) is 1. The average Bonchev–Trinajstić information content (AvgIpc) is 2.32. The number of anilines is 1. The smallest absolute Gasteiger partial charge is 0.412 e. The summed E-state index contributed by atoms with van der Waals surface area (Å²) >= 11 is 0. The number of carbonyl (C=O) groups excluding carboxylic acids is 1. The number of benzene rings is 1. The first-order valence-corrected chi connectivity index (χ1v) is 6.55. The fraction of sp³-hybridized carbons (Fsp3) is 0.333. The van der Waals surface area contributed by atoms with Crippen molar-refractivity contribution in [3.05, 3.63) is 41.7 Å². The Labute approximate surface area is 124 Å². The topological polar surface area (TPSA) is 100 Å². The molecule has 0 fully saturated rings. The normalized spacial score (nSPS) is 11.7. The molecule has 0 atom stereocenters. The highest BCUT2D eigenvalue weighted by Gasteiger charge is 2.17. The van der Waals surface area contributed by atoms with E-state index in [-0.39, 0.29) is 11.5 Å². The Bertz CT molecular complexity index is 559. The summed E-state index contributed by atoms with van der Waals surface area (Å²) in [7, 11) is 0. The second-order valence-corrected chi connectivity index (χ2v) is 5.61. The molecule has 21 heavy (non-hydrogen) atoms. The summed E-state index contributed by atoms with van der Waals surface area (Å²) in [5.74, 6) is -0.263. The molecule has 0 unspecified atom stereocenters. The van der Waals surface area contributed by atoms with E-state index < -0.39 is 11.7 Å². The molecule has 0 bridgehead atoms. The van der Waals surface area contributed by atoms with E-state index in [9.17, 15) is 4.79 Å². The zero-order valence-corrected chi connectivity index (χ0v) is 12.8. The van der Waals surface area contributed by atoms with Crippen LogP contribution in [0.4, 0.5) is 10.5 Å². The first kappa shape index (κ1) is 16.6. The molecular formula is C15H22N4O2.